The van der Waals surface area contributed by atoms with Crippen LogP contribution in [-0.4, -0.2) is 24.3 Å². The van der Waals surface area contributed by atoms with E-state index >= 15 is 0 Å². The fourth-order valence-corrected chi connectivity index (χ4v) is 5.39. The Labute approximate surface area is 196 Å². The van der Waals surface area contributed by atoms with Gasteiger partial charge in [-0.3, -0.25) is 4.79 Å². The average Bonchev–Trinajstić information content (AvgIpc) is 3.48. The quantitative estimate of drug-likeness (QED) is 0.407. The van der Waals surface area contributed by atoms with Crippen molar-refractivity contribution in [1.82, 2.24) is 24.3 Å². The topological polar surface area (TPSA) is 91.6 Å². The molecule has 6 rings (SSSR count). The summed E-state index contributed by atoms with van der Waals surface area (Å²) in [5.74, 6) is -0.188. The number of para-hydroxylation sites is 1. The molecule has 2 aromatic carbocycles. The lowest BCUT2D eigenvalue weighted by Crippen LogP contribution is -2.18. The Kier molecular flexibility index (Phi) is 4.53. The van der Waals surface area contributed by atoms with Crippen LogP contribution < -0.4 is 10.7 Å². The standard InChI is InChI=1S/C24H18ClN5O2S/c1-13-22-19(28-30(23(22)32)24-27-18-4-2-3-5-20(18)33-24)11-21(31)29(13)9-8-14-12-26-17-7-6-15(25)10-16(14)17/h2-7,10-12,26,31H,8-9H2,1H3/p-1. The van der Waals surface area contributed by atoms with Crippen LogP contribution in [0.4, 0.5) is 0 Å². The van der Waals surface area contributed by atoms with Crippen LogP contribution in [0.5, 0.6) is 5.88 Å². The molecule has 0 fully saturated rings. The van der Waals surface area contributed by atoms with Gasteiger partial charge in [0.05, 0.1) is 21.5 Å². The third-order valence-electron chi connectivity index (χ3n) is 5.96. The normalized spacial score (nSPS) is 11.8. The first-order valence-electron chi connectivity index (χ1n) is 10.4. The smallest absolute Gasteiger partial charge is 0.284 e. The number of aromatic amines is 1. The molecule has 0 saturated carbocycles. The molecule has 2 aliphatic rings. The molecular weight excluding hydrogens is 458 g/mol. The maximum Gasteiger partial charge on any atom is 0.284 e. The zero-order valence-electron chi connectivity index (χ0n) is 17.5. The Balaban J connectivity index is 1.40. The van der Waals surface area contributed by atoms with Crippen molar-refractivity contribution >= 4 is 44.1 Å². The Hall–Kier alpha value is -3.62. The average molecular weight is 475 g/mol. The van der Waals surface area contributed by atoms with Gasteiger partial charge in [0.2, 0.25) is 5.13 Å². The summed E-state index contributed by atoms with van der Waals surface area (Å²) in [7, 11) is 0. The summed E-state index contributed by atoms with van der Waals surface area (Å²) in [5.41, 5.74) is 4.03. The van der Waals surface area contributed by atoms with E-state index in [1.165, 1.54) is 22.1 Å². The Bertz CT molecular complexity index is 1660. The van der Waals surface area contributed by atoms with E-state index in [4.69, 9.17) is 11.6 Å². The van der Waals surface area contributed by atoms with Crippen molar-refractivity contribution in [3.05, 3.63) is 81.4 Å². The van der Waals surface area contributed by atoms with Crippen molar-refractivity contribution in [2.75, 3.05) is 0 Å². The number of halogens is 1. The second-order valence-corrected chi connectivity index (χ2v) is 9.36. The van der Waals surface area contributed by atoms with Crippen LogP contribution in [0, 0.1) is 6.92 Å². The number of thiazole rings is 1. The van der Waals surface area contributed by atoms with E-state index in [2.05, 4.69) is 15.1 Å². The summed E-state index contributed by atoms with van der Waals surface area (Å²) in [6.45, 7) is 2.23. The molecule has 2 aromatic heterocycles. The van der Waals surface area contributed by atoms with Gasteiger partial charge >= 0.3 is 0 Å². The van der Waals surface area contributed by atoms with Crippen LogP contribution >= 0.6 is 22.9 Å². The lowest BCUT2D eigenvalue weighted by atomic mass is 10.1. The van der Waals surface area contributed by atoms with Crippen molar-refractivity contribution in [3.63, 3.8) is 0 Å². The number of hydrogen-bond acceptors (Lipinski definition) is 5. The van der Waals surface area contributed by atoms with Gasteiger partial charge in [0.15, 0.2) is 0 Å². The maximum atomic E-state index is 13.3. The third-order valence-corrected chi connectivity index (χ3v) is 7.21. The van der Waals surface area contributed by atoms with Gasteiger partial charge in [-0.15, -0.1) is 0 Å². The van der Waals surface area contributed by atoms with Crippen LogP contribution in [0.1, 0.15) is 11.3 Å². The molecule has 2 aliphatic heterocycles. The molecule has 0 radical (unpaired) electrons. The van der Waals surface area contributed by atoms with E-state index in [0.717, 1.165) is 26.7 Å². The van der Waals surface area contributed by atoms with Crippen molar-refractivity contribution in [3.8, 4) is 22.3 Å². The first kappa shape index (κ1) is 20.0. The number of fused-ring (bicyclic) bond motifs is 3. The van der Waals surface area contributed by atoms with E-state index < -0.39 is 0 Å². The second-order valence-electron chi connectivity index (χ2n) is 7.91. The van der Waals surface area contributed by atoms with Gasteiger partial charge in [0.25, 0.3) is 5.56 Å². The highest BCUT2D eigenvalue weighted by atomic mass is 35.5. The predicted molar refractivity (Wildman–Crippen MR) is 129 cm³/mol. The molecular formula is C24H17ClN5O2S-. The van der Waals surface area contributed by atoms with Gasteiger partial charge in [0, 0.05) is 34.4 Å². The summed E-state index contributed by atoms with van der Waals surface area (Å²) >= 11 is 7.55. The number of aryl methyl sites for hydroxylation is 1. The highest BCUT2D eigenvalue weighted by molar-refractivity contribution is 7.20. The first-order chi connectivity index (χ1) is 16.0. The summed E-state index contributed by atoms with van der Waals surface area (Å²) in [6.07, 6.45) is 2.55. The molecule has 0 bridgehead atoms. The van der Waals surface area contributed by atoms with Crippen LogP contribution in [0.25, 0.3) is 37.5 Å². The van der Waals surface area contributed by atoms with E-state index in [0.29, 0.717) is 40.1 Å². The van der Waals surface area contributed by atoms with Gasteiger partial charge in [0.1, 0.15) is 0 Å². The second kappa shape index (κ2) is 7.47. The molecule has 164 valence electrons. The van der Waals surface area contributed by atoms with Gasteiger partial charge in [-0.1, -0.05) is 35.1 Å². The minimum Gasteiger partial charge on any atom is -0.860 e. The fourth-order valence-electron chi connectivity index (χ4n) is 4.30. The summed E-state index contributed by atoms with van der Waals surface area (Å²) in [6, 6.07) is 14.8. The molecule has 9 heteroatoms. The van der Waals surface area contributed by atoms with E-state index in [1.54, 1.807) is 11.5 Å². The number of aromatic nitrogens is 5. The minimum atomic E-state index is -0.269. The number of rotatable bonds is 4. The third kappa shape index (κ3) is 3.21. The van der Waals surface area contributed by atoms with Gasteiger partial charge in [-0.2, -0.15) is 9.78 Å². The monoisotopic (exact) mass is 474 g/mol. The number of hydrogen-bond donors (Lipinski definition) is 1. The lowest BCUT2D eigenvalue weighted by molar-refractivity contribution is -0.279. The van der Waals surface area contributed by atoms with Crippen molar-refractivity contribution < 1.29 is 5.11 Å². The number of H-pyrrole nitrogens is 1. The molecule has 4 aromatic rings. The maximum absolute atomic E-state index is 13.3. The van der Waals surface area contributed by atoms with E-state index in [-0.39, 0.29) is 11.4 Å². The number of nitrogens with zero attached hydrogens (tertiary/aromatic N) is 4. The van der Waals surface area contributed by atoms with Crippen molar-refractivity contribution in [1.29, 1.82) is 0 Å². The van der Waals surface area contributed by atoms with Gasteiger partial charge in [-0.05, 0) is 61.2 Å². The fraction of sp³-hybridized carbons (Fsp3) is 0.125. The molecule has 4 heterocycles. The largest absolute Gasteiger partial charge is 0.860 e. The summed E-state index contributed by atoms with van der Waals surface area (Å²) in [5, 5.41) is 19.5. The zero-order valence-corrected chi connectivity index (χ0v) is 19.1. The molecule has 7 nitrogen and oxygen atoms in total. The Morgan fingerprint density at radius 1 is 1.18 bits per heavy atom. The van der Waals surface area contributed by atoms with Crippen molar-refractivity contribution in [2.45, 2.75) is 19.9 Å². The zero-order chi connectivity index (χ0) is 22.7. The predicted octanol–water partition coefficient (Wildman–Crippen LogP) is 4.51. The summed E-state index contributed by atoms with van der Waals surface area (Å²) < 4.78 is 3.91. The molecule has 0 saturated heterocycles. The van der Waals surface area contributed by atoms with Crippen LogP contribution in [0.15, 0.2) is 59.5 Å². The first-order valence-corrected chi connectivity index (χ1v) is 11.6. The van der Waals surface area contributed by atoms with E-state index in [9.17, 15) is 9.90 Å². The molecule has 0 aliphatic carbocycles. The number of pyridine rings is 1. The Morgan fingerprint density at radius 3 is 2.88 bits per heavy atom. The summed E-state index contributed by atoms with van der Waals surface area (Å²) in [4.78, 5) is 21.0. The molecule has 0 spiro atoms. The van der Waals surface area contributed by atoms with Gasteiger partial charge in [-0.25, -0.2) is 4.98 Å². The highest BCUT2D eigenvalue weighted by Gasteiger charge is 2.22. The molecule has 0 amide bonds. The number of benzene rings is 2. The van der Waals surface area contributed by atoms with E-state index in [1.807, 2.05) is 48.7 Å². The van der Waals surface area contributed by atoms with Crippen molar-refractivity contribution in [2.24, 2.45) is 0 Å². The molecule has 33 heavy (non-hydrogen) atoms. The van der Waals surface area contributed by atoms with Crippen LogP contribution in [0.2, 0.25) is 5.02 Å². The van der Waals surface area contributed by atoms with Crippen LogP contribution in [0.3, 0.4) is 0 Å². The highest BCUT2D eigenvalue weighted by Crippen LogP contribution is 2.29. The minimum absolute atomic E-state index is 0.188. The van der Waals surface area contributed by atoms with Gasteiger partial charge < -0.3 is 14.7 Å². The lowest BCUT2D eigenvalue weighted by Gasteiger charge is -2.22. The number of nitrogens with one attached hydrogen (secondary N) is 1. The van der Waals surface area contributed by atoms with Crippen LogP contribution in [-0.2, 0) is 13.0 Å². The Morgan fingerprint density at radius 2 is 2.03 bits per heavy atom. The molecule has 0 unspecified atom stereocenters. The SMILES string of the molecule is Cc1c2c(=O)n(-c3nc4ccccc4s3)nc-2cc([O-])n1CCc1c[nH]c2ccc(Cl)cc12. The molecule has 0 atom stereocenters. The molecule has 1 N–H and O–H groups in total.